The van der Waals surface area contributed by atoms with E-state index in [1.54, 1.807) is 31.6 Å². The van der Waals surface area contributed by atoms with Gasteiger partial charge >= 0.3 is 0 Å². The molecule has 3 aromatic carbocycles. The third-order valence-electron chi connectivity index (χ3n) is 7.26. The Hall–Kier alpha value is -4.37. The molecule has 10 heteroatoms. The maximum atomic E-state index is 14.0. The van der Waals surface area contributed by atoms with Gasteiger partial charge in [0.15, 0.2) is 0 Å². The number of hydrogen-bond acceptors (Lipinski definition) is 7. The summed E-state index contributed by atoms with van der Waals surface area (Å²) in [6, 6.07) is 13.6. The van der Waals surface area contributed by atoms with Gasteiger partial charge in [0, 0.05) is 26.7 Å². The van der Waals surface area contributed by atoms with Crippen LogP contribution < -0.4 is 4.74 Å². The summed E-state index contributed by atoms with van der Waals surface area (Å²) in [4.78, 5) is 25.1. The number of hydrogen-bond donors (Lipinski definition) is 0. The standard InChI is InChI=1S/C13H15FN2O.C12H13ClN2.C12H13FN2/c1-13(2,3)12-10-8(14)5-6-9(17-4)11(10)15-7-16-12;1-12(2,3)11-9-5-4-8(13)6-10(9)14-7-15-11;1-12(2,3)11-10-8(13)5-4-6-9(10)14-7-15-11/h5-7H,1-4H3;2*4-7H,1-3H3. The molecule has 0 saturated carbocycles. The van der Waals surface area contributed by atoms with Gasteiger partial charge in [0.25, 0.3) is 0 Å². The van der Waals surface area contributed by atoms with Crippen LogP contribution >= 0.6 is 11.6 Å². The van der Waals surface area contributed by atoms with Crippen LogP contribution in [0.1, 0.15) is 79.4 Å². The van der Waals surface area contributed by atoms with Crippen molar-refractivity contribution in [3.05, 3.63) is 101 Å². The van der Waals surface area contributed by atoms with Crippen molar-refractivity contribution in [1.29, 1.82) is 0 Å². The number of benzene rings is 3. The molecule has 47 heavy (non-hydrogen) atoms. The molecule has 0 spiro atoms. The minimum Gasteiger partial charge on any atom is -0.494 e. The number of halogens is 3. The third kappa shape index (κ3) is 8.14. The van der Waals surface area contributed by atoms with Crippen molar-refractivity contribution in [3.63, 3.8) is 0 Å². The highest BCUT2D eigenvalue weighted by atomic mass is 35.5. The Balaban J connectivity index is 0.000000160. The molecule has 246 valence electrons. The average molecular weight is 659 g/mol. The van der Waals surface area contributed by atoms with Crippen LogP contribution in [0.25, 0.3) is 32.7 Å². The van der Waals surface area contributed by atoms with Crippen LogP contribution in [0.3, 0.4) is 0 Å². The molecule has 0 saturated heterocycles. The summed E-state index contributed by atoms with van der Waals surface area (Å²) in [6.07, 6.45) is 4.53. The summed E-state index contributed by atoms with van der Waals surface area (Å²) in [5, 5.41) is 2.77. The van der Waals surface area contributed by atoms with Crippen LogP contribution in [0.5, 0.6) is 5.75 Å². The fourth-order valence-electron chi connectivity index (χ4n) is 5.11. The first kappa shape index (κ1) is 35.5. The number of nitrogens with zero attached hydrogens (tertiary/aromatic N) is 6. The summed E-state index contributed by atoms with van der Waals surface area (Å²) >= 11 is 5.92. The molecule has 7 nitrogen and oxygen atoms in total. The molecule has 0 atom stereocenters. The Morgan fingerprint density at radius 3 is 1.70 bits per heavy atom. The van der Waals surface area contributed by atoms with Crippen LogP contribution in [-0.4, -0.2) is 37.0 Å². The second-order valence-electron chi connectivity index (χ2n) is 14.2. The van der Waals surface area contributed by atoms with Crippen LogP contribution in [-0.2, 0) is 16.2 Å². The second-order valence-corrected chi connectivity index (χ2v) is 14.6. The Labute approximate surface area is 279 Å². The van der Waals surface area contributed by atoms with Crippen molar-refractivity contribution in [2.45, 2.75) is 78.6 Å². The normalized spacial score (nSPS) is 11.9. The van der Waals surface area contributed by atoms with Crippen molar-refractivity contribution >= 4 is 44.3 Å². The van der Waals surface area contributed by atoms with Crippen molar-refractivity contribution in [1.82, 2.24) is 29.9 Å². The van der Waals surface area contributed by atoms with Gasteiger partial charge in [-0.25, -0.2) is 38.7 Å². The van der Waals surface area contributed by atoms with Gasteiger partial charge in [-0.1, -0.05) is 80.0 Å². The topological polar surface area (TPSA) is 86.6 Å². The van der Waals surface area contributed by atoms with Gasteiger partial charge in [0.2, 0.25) is 0 Å². The molecule has 6 aromatic rings. The van der Waals surface area contributed by atoms with Crippen molar-refractivity contribution in [2.24, 2.45) is 0 Å². The number of aromatic nitrogens is 6. The Kier molecular flexibility index (Phi) is 10.4. The summed E-state index contributed by atoms with van der Waals surface area (Å²) in [6.45, 7) is 18.5. The Bertz CT molecular complexity index is 2020. The molecular weight excluding hydrogens is 618 g/mol. The second kappa shape index (κ2) is 13.8. The molecule has 0 aliphatic rings. The Morgan fingerprint density at radius 1 is 0.574 bits per heavy atom. The minimum absolute atomic E-state index is 0.0228. The molecule has 0 radical (unpaired) electrons. The summed E-state index contributed by atoms with van der Waals surface area (Å²) in [7, 11) is 1.55. The van der Waals surface area contributed by atoms with Crippen LogP contribution in [0.4, 0.5) is 8.78 Å². The van der Waals surface area contributed by atoms with E-state index in [4.69, 9.17) is 16.3 Å². The van der Waals surface area contributed by atoms with E-state index in [1.807, 2.05) is 59.7 Å². The van der Waals surface area contributed by atoms with E-state index in [2.05, 4.69) is 50.7 Å². The summed E-state index contributed by atoms with van der Waals surface area (Å²) in [5.41, 5.74) is 4.20. The third-order valence-corrected chi connectivity index (χ3v) is 7.50. The Morgan fingerprint density at radius 2 is 1.11 bits per heavy atom. The highest BCUT2D eigenvalue weighted by Gasteiger charge is 2.23. The van der Waals surface area contributed by atoms with Gasteiger partial charge in [0.05, 0.1) is 46.0 Å². The van der Waals surface area contributed by atoms with Gasteiger partial charge in [0.1, 0.15) is 41.9 Å². The molecule has 0 N–H and O–H groups in total. The van der Waals surface area contributed by atoms with E-state index >= 15 is 0 Å². The summed E-state index contributed by atoms with van der Waals surface area (Å²) < 4.78 is 32.8. The fraction of sp³-hybridized carbons (Fsp3) is 0.351. The number of rotatable bonds is 1. The van der Waals surface area contributed by atoms with Gasteiger partial charge in [-0.15, -0.1) is 0 Å². The van der Waals surface area contributed by atoms with Crippen LogP contribution in [0.2, 0.25) is 5.02 Å². The van der Waals surface area contributed by atoms with E-state index in [0.29, 0.717) is 38.3 Å². The largest absolute Gasteiger partial charge is 0.494 e. The van der Waals surface area contributed by atoms with E-state index in [-0.39, 0.29) is 27.9 Å². The SMILES string of the molecule is CC(C)(C)c1ncnc2cc(Cl)ccc12.CC(C)(C)c1ncnc2cccc(F)c12.COc1ccc(F)c2c(C(C)(C)C)ncnc12. The lowest BCUT2D eigenvalue weighted by Gasteiger charge is -2.20. The predicted molar refractivity (Wildman–Crippen MR) is 186 cm³/mol. The fourth-order valence-corrected chi connectivity index (χ4v) is 5.27. The first-order valence-electron chi connectivity index (χ1n) is 15.2. The zero-order valence-corrected chi connectivity index (χ0v) is 29.3. The highest BCUT2D eigenvalue weighted by Crippen LogP contribution is 2.33. The van der Waals surface area contributed by atoms with E-state index in [1.165, 1.54) is 24.8 Å². The van der Waals surface area contributed by atoms with Crippen molar-refractivity contribution in [2.75, 3.05) is 7.11 Å². The van der Waals surface area contributed by atoms with Crippen LogP contribution in [0.15, 0.2) is 67.5 Å². The molecule has 3 aromatic heterocycles. The molecule has 0 aliphatic carbocycles. The monoisotopic (exact) mass is 658 g/mol. The lowest BCUT2D eigenvalue weighted by Crippen LogP contribution is -2.15. The molecule has 0 aliphatic heterocycles. The van der Waals surface area contributed by atoms with Gasteiger partial charge in [-0.3, -0.25) is 0 Å². The quantitative estimate of drug-likeness (QED) is 0.174. The average Bonchev–Trinajstić information content (AvgIpc) is 3.00. The highest BCUT2D eigenvalue weighted by molar-refractivity contribution is 6.31. The van der Waals surface area contributed by atoms with E-state index in [9.17, 15) is 8.78 Å². The molecule has 0 fully saturated rings. The lowest BCUT2D eigenvalue weighted by atomic mass is 9.89. The van der Waals surface area contributed by atoms with Crippen LogP contribution in [0, 0.1) is 11.6 Å². The first-order valence-corrected chi connectivity index (χ1v) is 15.6. The number of methoxy groups -OCH3 is 1. The molecule has 0 bridgehead atoms. The minimum atomic E-state index is -0.314. The number of fused-ring (bicyclic) bond motifs is 3. The first-order chi connectivity index (χ1) is 21.9. The van der Waals surface area contributed by atoms with E-state index in [0.717, 1.165) is 22.3 Å². The van der Waals surface area contributed by atoms with Gasteiger partial charge in [-0.05, 0) is 42.5 Å². The van der Waals surface area contributed by atoms with Crippen molar-refractivity contribution < 1.29 is 13.5 Å². The zero-order chi connectivity index (χ0) is 34.7. The zero-order valence-electron chi connectivity index (χ0n) is 28.6. The maximum absolute atomic E-state index is 14.0. The smallest absolute Gasteiger partial charge is 0.145 e. The molecule has 0 unspecified atom stereocenters. The lowest BCUT2D eigenvalue weighted by molar-refractivity contribution is 0.418. The molecule has 6 rings (SSSR count). The summed E-state index contributed by atoms with van der Waals surface area (Å²) in [5.74, 6) is -0.00125. The number of ether oxygens (including phenoxy) is 1. The molecular formula is C37H41ClF2N6O. The molecule has 3 heterocycles. The van der Waals surface area contributed by atoms with Crippen molar-refractivity contribution in [3.8, 4) is 5.75 Å². The molecule has 0 amide bonds. The predicted octanol–water partition coefficient (Wildman–Crippen LogP) is 9.72. The maximum Gasteiger partial charge on any atom is 0.145 e. The van der Waals surface area contributed by atoms with E-state index < -0.39 is 0 Å². The van der Waals surface area contributed by atoms with Gasteiger partial charge < -0.3 is 4.74 Å². The van der Waals surface area contributed by atoms with Gasteiger partial charge in [-0.2, -0.15) is 0 Å².